The molecule has 0 aliphatic carbocycles. The van der Waals surface area contributed by atoms with Gasteiger partial charge in [0.15, 0.2) is 11.6 Å². The zero-order valence-corrected chi connectivity index (χ0v) is 11.8. The van der Waals surface area contributed by atoms with E-state index in [1.165, 1.54) is 0 Å². The second kappa shape index (κ2) is 7.09. The van der Waals surface area contributed by atoms with Gasteiger partial charge < -0.3 is 10.2 Å². The number of benzene rings is 1. The third kappa shape index (κ3) is 3.96. The maximum absolute atomic E-state index is 13.5. The second-order valence-corrected chi connectivity index (χ2v) is 5.35. The van der Waals surface area contributed by atoms with Gasteiger partial charge in [0.05, 0.1) is 0 Å². The number of nitrogens with zero attached hydrogens (tertiary/aromatic N) is 1. The summed E-state index contributed by atoms with van der Waals surface area (Å²) < 4.78 is 39.4. The van der Waals surface area contributed by atoms with Gasteiger partial charge in [0.2, 0.25) is 0 Å². The summed E-state index contributed by atoms with van der Waals surface area (Å²) in [4.78, 5) is 2.41. The van der Waals surface area contributed by atoms with Crippen molar-refractivity contribution in [3.63, 3.8) is 0 Å². The summed E-state index contributed by atoms with van der Waals surface area (Å²) in [5.41, 5.74) is 0.180. The standard InChI is InChI=1S/C15H21F3N2/c1-2-5-20-6-3-12(4-7-20)19-10-11-8-14(17)15(18)9-13(11)16/h8-9,12,19H,2-7,10H2,1H3. The predicted molar refractivity (Wildman–Crippen MR) is 72.9 cm³/mol. The lowest BCUT2D eigenvalue weighted by Crippen LogP contribution is -2.42. The Labute approximate surface area is 118 Å². The Hall–Kier alpha value is -1.07. The molecule has 0 bridgehead atoms. The highest BCUT2D eigenvalue weighted by Gasteiger charge is 2.18. The van der Waals surface area contributed by atoms with E-state index < -0.39 is 17.5 Å². The van der Waals surface area contributed by atoms with Crippen molar-refractivity contribution in [2.24, 2.45) is 0 Å². The van der Waals surface area contributed by atoms with Gasteiger partial charge in [-0.1, -0.05) is 6.92 Å². The lowest BCUT2D eigenvalue weighted by atomic mass is 10.0. The molecule has 1 aliphatic heterocycles. The van der Waals surface area contributed by atoms with Crippen molar-refractivity contribution in [1.82, 2.24) is 10.2 Å². The zero-order valence-electron chi connectivity index (χ0n) is 11.8. The van der Waals surface area contributed by atoms with Crippen LogP contribution in [-0.2, 0) is 6.54 Å². The Balaban J connectivity index is 1.83. The van der Waals surface area contributed by atoms with Gasteiger partial charge in [-0.3, -0.25) is 0 Å². The first-order chi connectivity index (χ1) is 9.60. The number of hydrogen-bond acceptors (Lipinski definition) is 2. The lowest BCUT2D eigenvalue weighted by molar-refractivity contribution is 0.197. The van der Waals surface area contributed by atoms with Crippen molar-refractivity contribution in [2.45, 2.75) is 38.8 Å². The lowest BCUT2D eigenvalue weighted by Gasteiger charge is -2.32. The van der Waals surface area contributed by atoms with Gasteiger partial charge in [0.25, 0.3) is 0 Å². The number of rotatable bonds is 5. The molecule has 2 nitrogen and oxygen atoms in total. The van der Waals surface area contributed by atoms with Crippen LogP contribution < -0.4 is 5.32 Å². The third-order valence-electron chi connectivity index (χ3n) is 3.80. The molecule has 0 amide bonds. The molecule has 0 spiro atoms. The Bertz CT molecular complexity index is 443. The molecular formula is C15H21F3N2. The first-order valence-corrected chi connectivity index (χ1v) is 7.19. The molecule has 5 heteroatoms. The van der Waals surface area contributed by atoms with Gasteiger partial charge in [0.1, 0.15) is 5.82 Å². The topological polar surface area (TPSA) is 15.3 Å². The molecule has 1 aromatic carbocycles. The van der Waals surface area contributed by atoms with Crippen molar-refractivity contribution in [3.8, 4) is 0 Å². The number of hydrogen-bond donors (Lipinski definition) is 1. The number of likely N-dealkylation sites (tertiary alicyclic amines) is 1. The van der Waals surface area contributed by atoms with Gasteiger partial charge >= 0.3 is 0 Å². The van der Waals surface area contributed by atoms with E-state index in [0.717, 1.165) is 45.0 Å². The average molecular weight is 286 g/mol. The molecule has 0 saturated carbocycles. The van der Waals surface area contributed by atoms with E-state index in [0.29, 0.717) is 12.1 Å². The largest absolute Gasteiger partial charge is 0.310 e. The van der Waals surface area contributed by atoms with Crippen LogP contribution in [0.15, 0.2) is 12.1 Å². The van der Waals surface area contributed by atoms with Gasteiger partial charge in [-0.2, -0.15) is 0 Å². The van der Waals surface area contributed by atoms with Crippen LogP contribution in [0.1, 0.15) is 31.7 Å². The average Bonchev–Trinajstić information content (AvgIpc) is 2.43. The van der Waals surface area contributed by atoms with Gasteiger partial charge in [-0.15, -0.1) is 0 Å². The Morgan fingerprint density at radius 2 is 1.75 bits per heavy atom. The molecule has 0 unspecified atom stereocenters. The Morgan fingerprint density at radius 1 is 1.10 bits per heavy atom. The molecular weight excluding hydrogens is 265 g/mol. The van der Waals surface area contributed by atoms with E-state index in [2.05, 4.69) is 17.1 Å². The highest BCUT2D eigenvalue weighted by atomic mass is 19.2. The fourth-order valence-corrected chi connectivity index (χ4v) is 2.63. The monoisotopic (exact) mass is 286 g/mol. The maximum Gasteiger partial charge on any atom is 0.161 e. The van der Waals surface area contributed by atoms with Crippen LogP contribution in [-0.4, -0.2) is 30.6 Å². The molecule has 0 aromatic heterocycles. The van der Waals surface area contributed by atoms with Crippen molar-refractivity contribution < 1.29 is 13.2 Å². The Kier molecular flexibility index (Phi) is 5.43. The van der Waals surface area contributed by atoms with Crippen LogP contribution in [0.2, 0.25) is 0 Å². The summed E-state index contributed by atoms with van der Waals surface area (Å²) in [7, 11) is 0. The van der Waals surface area contributed by atoms with Crippen LogP contribution in [0.5, 0.6) is 0 Å². The highest BCUT2D eigenvalue weighted by Crippen LogP contribution is 2.15. The molecule has 2 rings (SSSR count). The van der Waals surface area contributed by atoms with Crippen molar-refractivity contribution in [3.05, 3.63) is 35.1 Å². The maximum atomic E-state index is 13.5. The summed E-state index contributed by atoms with van der Waals surface area (Å²) in [5.74, 6) is -2.83. The second-order valence-electron chi connectivity index (χ2n) is 5.35. The van der Waals surface area contributed by atoms with Crippen LogP contribution in [0, 0.1) is 17.5 Å². The van der Waals surface area contributed by atoms with Gasteiger partial charge in [0, 0.05) is 24.2 Å². The van der Waals surface area contributed by atoms with Gasteiger partial charge in [-0.05, 0) is 45.0 Å². The van der Waals surface area contributed by atoms with Gasteiger partial charge in [-0.25, -0.2) is 13.2 Å². The number of piperidine rings is 1. The minimum absolute atomic E-state index is 0.180. The normalized spacial score (nSPS) is 17.6. The third-order valence-corrected chi connectivity index (χ3v) is 3.80. The van der Waals surface area contributed by atoms with Crippen molar-refractivity contribution >= 4 is 0 Å². The van der Waals surface area contributed by atoms with Crippen molar-refractivity contribution in [2.75, 3.05) is 19.6 Å². The molecule has 0 atom stereocenters. The minimum Gasteiger partial charge on any atom is -0.310 e. The summed E-state index contributed by atoms with van der Waals surface area (Å²) >= 11 is 0. The molecule has 1 aromatic rings. The quantitative estimate of drug-likeness (QED) is 0.837. The number of nitrogens with one attached hydrogen (secondary N) is 1. The molecule has 112 valence electrons. The van der Waals surface area contributed by atoms with E-state index >= 15 is 0 Å². The van der Waals surface area contributed by atoms with E-state index in [4.69, 9.17) is 0 Å². The van der Waals surface area contributed by atoms with E-state index in [1.807, 2.05) is 0 Å². The fraction of sp³-hybridized carbons (Fsp3) is 0.600. The van der Waals surface area contributed by atoms with E-state index in [-0.39, 0.29) is 12.1 Å². The summed E-state index contributed by atoms with van der Waals surface area (Å²) in [5, 5.41) is 3.23. The van der Waals surface area contributed by atoms with E-state index in [1.54, 1.807) is 0 Å². The smallest absolute Gasteiger partial charge is 0.161 e. The molecule has 0 radical (unpaired) electrons. The summed E-state index contributed by atoms with van der Waals surface area (Å²) in [6, 6.07) is 1.86. The van der Waals surface area contributed by atoms with Crippen LogP contribution in [0.4, 0.5) is 13.2 Å². The van der Waals surface area contributed by atoms with E-state index in [9.17, 15) is 13.2 Å². The van der Waals surface area contributed by atoms with Crippen LogP contribution in [0.25, 0.3) is 0 Å². The molecule has 1 heterocycles. The molecule has 1 fully saturated rings. The molecule has 1 N–H and O–H groups in total. The fourth-order valence-electron chi connectivity index (χ4n) is 2.63. The Morgan fingerprint density at radius 3 is 2.40 bits per heavy atom. The highest BCUT2D eigenvalue weighted by molar-refractivity contribution is 5.20. The van der Waals surface area contributed by atoms with Crippen LogP contribution in [0.3, 0.4) is 0 Å². The minimum atomic E-state index is -1.14. The SMILES string of the molecule is CCCN1CCC(NCc2cc(F)c(F)cc2F)CC1. The molecule has 1 aliphatic rings. The van der Waals surface area contributed by atoms with Crippen LogP contribution >= 0.6 is 0 Å². The summed E-state index contributed by atoms with van der Waals surface area (Å²) in [6.07, 6.45) is 3.16. The number of halogens is 3. The first-order valence-electron chi connectivity index (χ1n) is 7.19. The zero-order chi connectivity index (χ0) is 14.5. The van der Waals surface area contributed by atoms with Crippen molar-refractivity contribution in [1.29, 1.82) is 0 Å². The predicted octanol–water partition coefficient (Wildman–Crippen LogP) is 3.07. The molecule has 1 saturated heterocycles. The first kappa shape index (κ1) is 15.3. The summed E-state index contributed by atoms with van der Waals surface area (Å²) in [6.45, 7) is 5.58. The molecule has 20 heavy (non-hydrogen) atoms.